The molecule has 26 heavy (non-hydrogen) atoms. The Hall–Kier alpha value is -3.15. The van der Waals surface area contributed by atoms with Gasteiger partial charge in [-0.15, -0.1) is 0 Å². The molecule has 136 valence electrons. The van der Waals surface area contributed by atoms with E-state index >= 15 is 0 Å². The zero-order valence-corrected chi connectivity index (χ0v) is 15.1. The van der Waals surface area contributed by atoms with Crippen molar-refractivity contribution in [1.82, 2.24) is 5.32 Å². The second-order valence-electron chi connectivity index (χ2n) is 6.26. The van der Waals surface area contributed by atoms with Gasteiger partial charge in [0.1, 0.15) is 0 Å². The fourth-order valence-corrected chi connectivity index (χ4v) is 2.55. The van der Waals surface area contributed by atoms with Crippen LogP contribution in [0.1, 0.15) is 36.2 Å². The highest BCUT2D eigenvalue weighted by Gasteiger charge is 2.11. The second-order valence-corrected chi connectivity index (χ2v) is 6.26. The molecule has 0 aliphatic heterocycles. The number of hydrogen-bond acceptors (Lipinski definition) is 3. The maximum Gasteiger partial charge on any atom is 0.255 e. The minimum absolute atomic E-state index is 0.166. The van der Waals surface area contributed by atoms with Gasteiger partial charge in [0, 0.05) is 36.3 Å². The molecule has 0 fully saturated rings. The summed E-state index contributed by atoms with van der Waals surface area (Å²) in [6.07, 6.45) is 0.166. The maximum atomic E-state index is 12.3. The van der Waals surface area contributed by atoms with Crippen LogP contribution in [0, 0.1) is 6.92 Å². The molecule has 0 aliphatic carbocycles. The first-order valence-corrected chi connectivity index (χ1v) is 8.38. The van der Waals surface area contributed by atoms with Crippen LogP contribution in [0.15, 0.2) is 48.5 Å². The number of benzene rings is 2. The van der Waals surface area contributed by atoms with Crippen molar-refractivity contribution < 1.29 is 14.4 Å². The van der Waals surface area contributed by atoms with Gasteiger partial charge in [-0.3, -0.25) is 14.4 Å². The summed E-state index contributed by atoms with van der Waals surface area (Å²) in [6, 6.07) is 14.0. The summed E-state index contributed by atoms with van der Waals surface area (Å²) in [5, 5.41) is 8.25. The van der Waals surface area contributed by atoms with Crippen LogP contribution in [0.3, 0.4) is 0 Å². The predicted octanol–water partition coefficient (Wildman–Crippen LogP) is 3.10. The molecule has 0 heterocycles. The molecule has 0 saturated carbocycles. The van der Waals surface area contributed by atoms with Gasteiger partial charge in [-0.25, -0.2) is 0 Å². The van der Waals surface area contributed by atoms with Crippen molar-refractivity contribution in [2.45, 2.75) is 33.2 Å². The first kappa shape index (κ1) is 19.2. The highest BCUT2D eigenvalue weighted by molar-refractivity contribution is 6.04. The lowest BCUT2D eigenvalue weighted by Gasteiger charge is -2.13. The number of aryl methyl sites for hydroxylation is 1. The summed E-state index contributed by atoms with van der Waals surface area (Å²) in [6.45, 7) is 5.10. The fourth-order valence-electron chi connectivity index (χ4n) is 2.55. The van der Waals surface area contributed by atoms with Crippen molar-refractivity contribution in [3.05, 3.63) is 59.7 Å². The molecule has 2 aromatic rings. The van der Waals surface area contributed by atoms with Gasteiger partial charge in [0.15, 0.2) is 0 Å². The van der Waals surface area contributed by atoms with Crippen molar-refractivity contribution in [3.63, 3.8) is 0 Å². The van der Waals surface area contributed by atoms with Gasteiger partial charge in [0.25, 0.3) is 5.91 Å². The third kappa shape index (κ3) is 6.05. The molecule has 6 heteroatoms. The first-order valence-electron chi connectivity index (χ1n) is 8.38. The number of carbonyl (C=O) groups excluding carboxylic acids is 3. The highest BCUT2D eigenvalue weighted by atomic mass is 16.2. The second kappa shape index (κ2) is 8.80. The van der Waals surface area contributed by atoms with Gasteiger partial charge in [-0.2, -0.15) is 0 Å². The van der Waals surface area contributed by atoms with Crippen LogP contribution in [0.5, 0.6) is 0 Å². The first-order chi connectivity index (χ1) is 12.3. The number of anilines is 2. The van der Waals surface area contributed by atoms with E-state index in [1.54, 1.807) is 37.3 Å². The molecule has 0 spiro atoms. The lowest BCUT2D eigenvalue weighted by molar-refractivity contribution is -0.120. The molecule has 0 aromatic heterocycles. The Labute approximate surface area is 153 Å². The van der Waals surface area contributed by atoms with E-state index in [9.17, 15) is 14.4 Å². The Kier molecular flexibility index (Phi) is 6.49. The Morgan fingerprint density at radius 2 is 1.62 bits per heavy atom. The summed E-state index contributed by atoms with van der Waals surface area (Å²) in [4.78, 5) is 35.4. The fraction of sp³-hybridized carbons (Fsp3) is 0.250. The summed E-state index contributed by atoms with van der Waals surface area (Å²) < 4.78 is 0. The van der Waals surface area contributed by atoms with Crippen LogP contribution in [-0.2, 0) is 9.59 Å². The molecular formula is C20H23N3O3. The van der Waals surface area contributed by atoms with Gasteiger partial charge in [0.05, 0.1) is 0 Å². The van der Waals surface area contributed by atoms with Gasteiger partial charge in [-0.05, 0) is 44.2 Å². The molecule has 2 aromatic carbocycles. The molecule has 3 amide bonds. The average Bonchev–Trinajstić information content (AvgIpc) is 2.54. The average molecular weight is 353 g/mol. The van der Waals surface area contributed by atoms with Gasteiger partial charge >= 0.3 is 0 Å². The molecule has 3 N–H and O–H groups in total. The maximum absolute atomic E-state index is 12.3. The molecular weight excluding hydrogens is 330 g/mol. The third-order valence-corrected chi connectivity index (χ3v) is 3.63. The summed E-state index contributed by atoms with van der Waals surface area (Å²) >= 11 is 0. The van der Waals surface area contributed by atoms with Gasteiger partial charge in [0.2, 0.25) is 11.8 Å². The van der Waals surface area contributed by atoms with E-state index in [2.05, 4.69) is 16.0 Å². The minimum Gasteiger partial charge on any atom is -0.353 e. The standard InChI is InChI=1S/C20H23N3O3/c1-13-6-4-7-16(10-13)20(26)23-18-9-5-8-17(12-18)22-19(25)11-14(2)21-15(3)24/h4-10,12,14H,11H2,1-3H3,(H,21,24)(H,22,25)(H,23,26). The van der Waals surface area contributed by atoms with Crippen LogP contribution >= 0.6 is 0 Å². The topological polar surface area (TPSA) is 87.3 Å². The Morgan fingerprint density at radius 3 is 2.27 bits per heavy atom. The number of rotatable bonds is 6. The van der Waals surface area contributed by atoms with Crippen LogP contribution in [-0.4, -0.2) is 23.8 Å². The number of hydrogen-bond donors (Lipinski definition) is 3. The van der Waals surface area contributed by atoms with Crippen LogP contribution in [0.25, 0.3) is 0 Å². The van der Waals surface area contributed by atoms with Crippen LogP contribution in [0.2, 0.25) is 0 Å². The molecule has 1 atom stereocenters. The van der Waals surface area contributed by atoms with Gasteiger partial charge < -0.3 is 16.0 Å². The van der Waals surface area contributed by atoms with E-state index in [-0.39, 0.29) is 30.2 Å². The van der Waals surface area contributed by atoms with Crippen molar-refractivity contribution in [3.8, 4) is 0 Å². The Bertz CT molecular complexity index is 817. The Balaban J connectivity index is 1.98. The minimum atomic E-state index is -0.253. The van der Waals surface area contributed by atoms with E-state index in [1.165, 1.54) is 6.92 Å². The van der Waals surface area contributed by atoms with E-state index < -0.39 is 0 Å². The van der Waals surface area contributed by atoms with Crippen molar-refractivity contribution >= 4 is 29.1 Å². The summed E-state index contributed by atoms with van der Waals surface area (Å²) in [7, 11) is 0. The quantitative estimate of drug-likeness (QED) is 0.746. The zero-order chi connectivity index (χ0) is 19.1. The number of nitrogens with one attached hydrogen (secondary N) is 3. The molecule has 1 unspecified atom stereocenters. The predicted molar refractivity (Wildman–Crippen MR) is 102 cm³/mol. The molecule has 0 radical (unpaired) electrons. The van der Waals surface area contributed by atoms with Crippen molar-refractivity contribution in [2.24, 2.45) is 0 Å². The van der Waals surface area contributed by atoms with E-state index in [1.807, 2.05) is 25.1 Å². The number of amides is 3. The van der Waals surface area contributed by atoms with Crippen molar-refractivity contribution in [2.75, 3.05) is 10.6 Å². The zero-order valence-electron chi connectivity index (χ0n) is 15.1. The smallest absolute Gasteiger partial charge is 0.255 e. The molecule has 0 saturated heterocycles. The van der Waals surface area contributed by atoms with E-state index in [0.29, 0.717) is 16.9 Å². The molecule has 2 rings (SSSR count). The SMILES string of the molecule is CC(=O)NC(C)CC(=O)Nc1cccc(NC(=O)c2cccc(C)c2)c1. The normalized spacial score (nSPS) is 11.3. The molecule has 6 nitrogen and oxygen atoms in total. The largest absolute Gasteiger partial charge is 0.353 e. The number of carbonyl (C=O) groups is 3. The van der Waals surface area contributed by atoms with Crippen LogP contribution in [0.4, 0.5) is 11.4 Å². The van der Waals surface area contributed by atoms with Crippen LogP contribution < -0.4 is 16.0 Å². The highest BCUT2D eigenvalue weighted by Crippen LogP contribution is 2.17. The summed E-state index contributed by atoms with van der Waals surface area (Å²) in [5.41, 5.74) is 2.74. The van der Waals surface area contributed by atoms with Crippen molar-refractivity contribution in [1.29, 1.82) is 0 Å². The lowest BCUT2D eigenvalue weighted by Crippen LogP contribution is -2.33. The summed E-state index contributed by atoms with van der Waals surface area (Å²) in [5.74, 6) is -0.601. The van der Waals surface area contributed by atoms with Gasteiger partial charge in [-0.1, -0.05) is 23.8 Å². The molecule has 0 bridgehead atoms. The third-order valence-electron chi connectivity index (χ3n) is 3.63. The van der Waals surface area contributed by atoms with E-state index in [0.717, 1.165) is 5.56 Å². The van der Waals surface area contributed by atoms with E-state index in [4.69, 9.17) is 0 Å². The monoisotopic (exact) mass is 353 g/mol. The lowest BCUT2D eigenvalue weighted by atomic mass is 10.1. The molecule has 0 aliphatic rings. The Morgan fingerprint density at radius 1 is 0.962 bits per heavy atom.